The summed E-state index contributed by atoms with van der Waals surface area (Å²) in [4.78, 5) is 19.0. The monoisotopic (exact) mass is 330 g/mol. The van der Waals surface area contributed by atoms with Crippen LogP contribution < -0.4 is 10.1 Å². The third-order valence-electron chi connectivity index (χ3n) is 3.07. The fourth-order valence-corrected chi connectivity index (χ4v) is 3.54. The lowest BCUT2D eigenvalue weighted by Crippen LogP contribution is -2.11. The molecule has 0 unspecified atom stereocenters. The Hall–Kier alpha value is -2.18. The third kappa shape index (κ3) is 3.18. The minimum atomic E-state index is -0.175. The zero-order chi connectivity index (χ0) is 15.5. The number of benzene rings is 1. The number of nitrogens with one attached hydrogen (secondary N) is 1. The minimum absolute atomic E-state index is 0.175. The molecule has 0 fully saturated rings. The highest BCUT2D eigenvalue weighted by Crippen LogP contribution is 2.30. The topological polar surface area (TPSA) is 51.2 Å². The molecule has 1 amide bonds. The molecule has 0 saturated heterocycles. The zero-order valence-electron chi connectivity index (χ0n) is 12.1. The number of nitrogens with zero attached hydrogens (tertiary/aromatic N) is 1. The van der Waals surface area contributed by atoms with Crippen LogP contribution in [0.5, 0.6) is 5.75 Å². The maximum atomic E-state index is 12.2. The molecule has 0 spiro atoms. The van der Waals surface area contributed by atoms with E-state index < -0.39 is 0 Å². The van der Waals surface area contributed by atoms with Crippen LogP contribution in [0.25, 0.3) is 10.6 Å². The molecule has 2 heterocycles. The van der Waals surface area contributed by atoms with Crippen molar-refractivity contribution in [3.63, 3.8) is 0 Å². The Labute approximate surface area is 136 Å². The Morgan fingerprint density at radius 1 is 1.18 bits per heavy atom. The van der Waals surface area contributed by atoms with Crippen LogP contribution in [0.4, 0.5) is 5.13 Å². The molecular weight excluding hydrogens is 316 g/mol. The lowest BCUT2D eigenvalue weighted by Gasteiger charge is -2.03. The van der Waals surface area contributed by atoms with Crippen LogP contribution in [0.3, 0.4) is 0 Å². The van der Waals surface area contributed by atoms with Crippen LogP contribution in [0.1, 0.15) is 15.2 Å². The van der Waals surface area contributed by atoms with Crippen molar-refractivity contribution < 1.29 is 9.53 Å². The number of aryl methyl sites for hydroxylation is 1. The summed E-state index contributed by atoms with van der Waals surface area (Å²) in [6, 6.07) is 11.1. The SMILES string of the molecule is COc1ccc(C(=O)Nc2nc(-c3ccc(C)s3)cs2)cc1. The molecule has 0 aliphatic heterocycles. The van der Waals surface area contributed by atoms with Crippen molar-refractivity contribution in [2.24, 2.45) is 0 Å². The maximum absolute atomic E-state index is 12.2. The first-order valence-electron chi connectivity index (χ1n) is 6.63. The minimum Gasteiger partial charge on any atom is -0.497 e. The number of thiazole rings is 1. The van der Waals surface area contributed by atoms with Gasteiger partial charge in [-0.1, -0.05) is 0 Å². The van der Waals surface area contributed by atoms with E-state index in [0.717, 1.165) is 16.3 Å². The van der Waals surface area contributed by atoms with Gasteiger partial charge < -0.3 is 4.74 Å². The van der Waals surface area contributed by atoms with Crippen molar-refractivity contribution in [2.45, 2.75) is 6.92 Å². The van der Waals surface area contributed by atoms with Gasteiger partial charge in [-0.2, -0.15) is 0 Å². The molecule has 3 aromatic rings. The molecular formula is C16H14N2O2S2. The van der Waals surface area contributed by atoms with Gasteiger partial charge in [-0.05, 0) is 43.3 Å². The highest BCUT2D eigenvalue weighted by molar-refractivity contribution is 7.17. The molecule has 0 atom stereocenters. The summed E-state index contributed by atoms with van der Waals surface area (Å²) >= 11 is 3.11. The molecule has 112 valence electrons. The zero-order valence-corrected chi connectivity index (χ0v) is 13.8. The van der Waals surface area contributed by atoms with Crippen LogP contribution in [0.2, 0.25) is 0 Å². The van der Waals surface area contributed by atoms with Crippen LogP contribution in [-0.4, -0.2) is 18.0 Å². The molecule has 0 radical (unpaired) electrons. The maximum Gasteiger partial charge on any atom is 0.257 e. The lowest BCUT2D eigenvalue weighted by molar-refractivity contribution is 0.102. The normalized spacial score (nSPS) is 10.5. The Morgan fingerprint density at radius 3 is 2.59 bits per heavy atom. The largest absolute Gasteiger partial charge is 0.497 e. The summed E-state index contributed by atoms with van der Waals surface area (Å²) < 4.78 is 5.08. The molecule has 0 aliphatic carbocycles. The van der Waals surface area contributed by atoms with E-state index in [1.165, 1.54) is 16.2 Å². The summed E-state index contributed by atoms with van der Waals surface area (Å²) in [7, 11) is 1.60. The number of hydrogen-bond donors (Lipinski definition) is 1. The molecule has 2 aromatic heterocycles. The highest BCUT2D eigenvalue weighted by atomic mass is 32.1. The van der Waals surface area contributed by atoms with Gasteiger partial charge in [0.25, 0.3) is 5.91 Å². The number of anilines is 1. The number of ether oxygens (including phenoxy) is 1. The van der Waals surface area contributed by atoms with Crippen molar-refractivity contribution >= 4 is 33.7 Å². The predicted molar refractivity (Wildman–Crippen MR) is 91.1 cm³/mol. The van der Waals surface area contributed by atoms with Gasteiger partial charge in [-0.25, -0.2) is 4.98 Å². The fourth-order valence-electron chi connectivity index (χ4n) is 1.93. The molecule has 1 N–H and O–H groups in total. The van der Waals surface area contributed by atoms with Gasteiger partial charge in [0.2, 0.25) is 0 Å². The summed E-state index contributed by atoms with van der Waals surface area (Å²) in [5, 5.41) is 5.38. The lowest BCUT2D eigenvalue weighted by atomic mass is 10.2. The van der Waals surface area contributed by atoms with Crippen molar-refractivity contribution in [1.82, 2.24) is 4.98 Å². The van der Waals surface area contributed by atoms with E-state index in [1.54, 1.807) is 42.7 Å². The first kappa shape index (κ1) is 14.7. The summed E-state index contributed by atoms with van der Waals surface area (Å²) in [6.07, 6.45) is 0. The van der Waals surface area contributed by atoms with Gasteiger partial charge >= 0.3 is 0 Å². The van der Waals surface area contributed by atoms with Crippen molar-refractivity contribution in [1.29, 1.82) is 0 Å². The second-order valence-electron chi connectivity index (χ2n) is 4.63. The average Bonchev–Trinajstić information content (AvgIpc) is 3.16. The number of carbonyl (C=O) groups is 1. The van der Waals surface area contributed by atoms with Crippen molar-refractivity contribution in [2.75, 3.05) is 12.4 Å². The predicted octanol–water partition coefficient (Wildman–Crippen LogP) is 4.44. The number of carbonyl (C=O) groups excluding carboxylic acids is 1. The quantitative estimate of drug-likeness (QED) is 0.769. The number of methoxy groups -OCH3 is 1. The van der Waals surface area contributed by atoms with Gasteiger partial charge in [0.05, 0.1) is 17.7 Å². The Kier molecular flexibility index (Phi) is 4.22. The highest BCUT2D eigenvalue weighted by Gasteiger charge is 2.11. The van der Waals surface area contributed by atoms with E-state index in [9.17, 15) is 4.79 Å². The van der Waals surface area contributed by atoms with Crippen LogP contribution in [0, 0.1) is 6.92 Å². The van der Waals surface area contributed by atoms with Crippen LogP contribution >= 0.6 is 22.7 Å². The van der Waals surface area contributed by atoms with E-state index in [-0.39, 0.29) is 5.91 Å². The Balaban J connectivity index is 1.72. The molecule has 0 aliphatic rings. The average molecular weight is 330 g/mol. The second-order valence-corrected chi connectivity index (χ2v) is 6.78. The molecule has 1 aromatic carbocycles. The van der Waals surface area contributed by atoms with E-state index in [0.29, 0.717) is 10.7 Å². The summed E-state index contributed by atoms with van der Waals surface area (Å²) in [6.45, 7) is 2.06. The third-order valence-corrected chi connectivity index (χ3v) is 4.85. The summed E-state index contributed by atoms with van der Waals surface area (Å²) in [5.74, 6) is 0.548. The number of aromatic nitrogens is 1. The van der Waals surface area contributed by atoms with Gasteiger partial charge in [0, 0.05) is 15.8 Å². The van der Waals surface area contributed by atoms with E-state index >= 15 is 0 Å². The molecule has 0 bridgehead atoms. The summed E-state index contributed by atoms with van der Waals surface area (Å²) in [5.41, 5.74) is 1.47. The molecule has 3 rings (SSSR count). The number of rotatable bonds is 4. The number of hydrogen-bond acceptors (Lipinski definition) is 5. The smallest absolute Gasteiger partial charge is 0.257 e. The van der Waals surface area contributed by atoms with Gasteiger partial charge in [0.1, 0.15) is 5.75 Å². The molecule has 0 saturated carbocycles. The van der Waals surface area contributed by atoms with E-state index in [4.69, 9.17) is 4.74 Å². The standard InChI is InChI=1S/C16H14N2O2S2/c1-10-3-8-14(22-10)13-9-21-16(17-13)18-15(19)11-4-6-12(20-2)7-5-11/h3-9H,1-2H3,(H,17,18,19). The van der Waals surface area contributed by atoms with Crippen molar-refractivity contribution in [3.05, 3.63) is 52.2 Å². The van der Waals surface area contributed by atoms with Crippen molar-refractivity contribution in [3.8, 4) is 16.3 Å². The van der Waals surface area contributed by atoms with Crippen LogP contribution in [-0.2, 0) is 0 Å². The Morgan fingerprint density at radius 2 is 1.95 bits per heavy atom. The number of amides is 1. The van der Waals surface area contributed by atoms with E-state index in [2.05, 4.69) is 23.3 Å². The number of thiophene rings is 1. The van der Waals surface area contributed by atoms with Gasteiger partial charge in [0.15, 0.2) is 5.13 Å². The fraction of sp³-hybridized carbons (Fsp3) is 0.125. The molecule has 6 heteroatoms. The van der Waals surface area contributed by atoms with E-state index in [1.807, 2.05) is 11.4 Å². The second kappa shape index (κ2) is 6.29. The first-order chi connectivity index (χ1) is 10.7. The van der Waals surface area contributed by atoms with Gasteiger partial charge in [-0.15, -0.1) is 22.7 Å². The molecule has 22 heavy (non-hydrogen) atoms. The first-order valence-corrected chi connectivity index (χ1v) is 8.33. The molecule has 4 nitrogen and oxygen atoms in total. The van der Waals surface area contributed by atoms with Crippen LogP contribution in [0.15, 0.2) is 41.8 Å². The Bertz CT molecular complexity index is 791. The van der Waals surface area contributed by atoms with Gasteiger partial charge in [-0.3, -0.25) is 10.1 Å².